The lowest BCUT2D eigenvalue weighted by atomic mass is 10.0. The van der Waals surface area contributed by atoms with Crippen LogP contribution in [0.5, 0.6) is 0 Å². The normalized spacial score (nSPS) is 16.9. The van der Waals surface area contributed by atoms with Crippen molar-refractivity contribution in [2.24, 2.45) is 11.7 Å². The third-order valence-electron chi connectivity index (χ3n) is 4.50. The van der Waals surface area contributed by atoms with E-state index in [-0.39, 0.29) is 11.7 Å². The lowest BCUT2D eigenvalue weighted by molar-refractivity contribution is -0.133. The molecule has 0 rings (SSSR count). The fourth-order valence-electron chi connectivity index (χ4n) is 2.13. The predicted octanol–water partition coefficient (Wildman–Crippen LogP) is -1.51. The highest BCUT2D eigenvalue weighted by Crippen LogP contribution is 2.05. The van der Waals surface area contributed by atoms with E-state index in [0.29, 0.717) is 12.7 Å². The van der Waals surface area contributed by atoms with E-state index in [1.165, 1.54) is 20.8 Å². The maximum Gasteiger partial charge on any atom is 0.242 e. The fraction of sp³-hybridized carbons (Fsp3) is 0.722. The zero-order chi connectivity index (χ0) is 22.7. The molecule has 0 aliphatic carbocycles. The van der Waals surface area contributed by atoms with Gasteiger partial charge in [-0.1, -0.05) is 20.3 Å². The van der Waals surface area contributed by atoms with Crippen molar-refractivity contribution < 1.29 is 24.0 Å². The minimum absolute atomic E-state index is 0.0371. The smallest absolute Gasteiger partial charge is 0.242 e. The third kappa shape index (κ3) is 9.27. The monoisotopic (exact) mass is 431 g/mol. The third-order valence-corrected chi connectivity index (χ3v) is 4.90. The Kier molecular flexibility index (Phi) is 12.2. The van der Waals surface area contributed by atoms with Gasteiger partial charge in [0.1, 0.15) is 24.4 Å². The van der Waals surface area contributed by atoms with Crippen molar-refractivity contribution >= 4 is 42.5 Å². The van der Waals surface area contributed by atoms with Crippen LogP contribution in [-0.2, 0) is 24.0 Å². The van der Waals surface area contributed by atoms with Crippen LogP contribution in [0, 0.1) is 5.92 Å². The van der Waals surface area contributed by atoms with Crippen LogP contribution >= 0.6 is 12.6 Å². The van der Waals surface area contributed by atoms with Crippen molar-refractivity contribution in [2.75, 3.05) is 5.75 Å². The molecule has 0 aliphatic heterocycles. The standard InChI is InChI=1S/C18H33N5O5S/c1-6-9(2)14(7-24)23-17(27)12(5)21-15(25)10(3)20-16(26)11(4)22-18(28)13(19)8-29/h7,9-14,29H,6,8,19H2,1-5H3,(H,20,26)(H,21,25)(H,22,28)(H,23,27)/t9-,10-,11-,12-,13-,14+/m0/s1. The van der Waals surface area contributed by atoms with Crippen LogP contribution in [0.3, 0.4) is 0 Å². The van der Waals surface area contributed by atoms with Crippen molar-refractivity contribution in [1.82, 2.24) is 21.3 Å². The molecule has 10 nitrogen and oxygen atoms in total. The van der Waals surface area contributed by atoms with Crippen LogP contribution in [0.4, 0.5) is 0 Å². The SMILES string of the molecule is CC[C@H](C)[C@@H](C=O)NC(=O)[C@H](C)NC(=O)[C@H](C)NC(=O)[C@H](C)NC(=O)[C@@H](N)CS. The summed E-state index contributed by atoms with van der Waals surface area (Å²) in [4.78, 5) is 59.4. The Bertz CT molecular complexity index is 603. The van der Waals surface area contributed by atoms with E-state index >= 15 is 0 Å². The molecular weight excluding hydrogens is 398 g/mol. The average Bonchev–Trinajstić information content (AvgIpc) is 2.69. The molecule has 29 heavy (non-hydrogen) atoms. The molecule has 0 bridgehead atoms. The Labute approximate surface area is 176 Å². The van der Waals surface area contributed by atoms with Gasteiger partial charge in [0.25, 0.3) is 0 Å². The van der Waals surface area contributed by atoms with E-state index in [2.05, 4.69) is 33.9 Å². The van der Waals surface area contributed by atoms with Crippen LogP contribution < -0.4 is 27.0 Å². The number of hydrogen-bond donors (Lipinski definition) is 6. The second-order valence-corrected chi connectivity index (χ2v) is 7.40. The summed E-state index contributed by atoms with van der Waals surface area (Å²) in [5.74, 6) is -2.11. The molecule has 0 heterocycles. The summed E-state index contributed by atoms with van der Waals surface area (Å²) in [6.45, 7) is 8.11. The Hall–Kier alpha value is -2.14. The molecule has 11 heteroatoms. The van der Waals surface area contributed by atoms with Crippen LogP contribution in [0.2, 0.25) is 0 Å². The molecule has 0 aromatic carbocycles. The zero-order valence-corrected chi connectivity index (χ0v) is 18.4. The Morgan fingerprint density at radius 1 is 0.828 bits per heavy atom. The maximum atomic E-state index is 12.2. The molecule has 0 spiro atoms. The molecule has 0 aromatic heterocycles. The molecule has 0 fully saturated rings. The molecule has 0 saturated heterocycles. The molecule has 0 aromatic rings. The minimum Gasteiger partial charge on any atom is -0.345 e. The van der Waals surface area contributed by atoms with Gasteiger partial charge in [-0.2, -0.15) is 12.6 Å². The van der Waals surface area contributed by atoms with Gasteiger partial charge in [0, 0.05) is 5.75 Å². The summed E-state index contributed by atoms with van der Waals surface area (Å²) in [5, 5.41) is 9.94. The molecule has 4 amide bonds. The summed E-state index contributed by atoms with van der Waals surface area (Å²) in [5.41, 5.74) is 5.53. The first-order chi connectivity index (χ1) is 13.5. The van der Waals surface area contributed by atoms with E-state index < -0.39 is 53.8 Å². The molecular formula is C18H33N5O5S. The van der Waals surface area contributed by atoms with E-state index in [0.717, 1.165) is 0 Å². The first-order valence-electron chi connectivity index (χ1n) is 9.51. The van der Waals surface area contributed by atoms with E-state index in [1.54, 1.807) is 0 Å². The highest BCUT2D eigenvalue weighted by molar-refractivity contribution is 7.80. The first-order valence-corrected chi connectivity index (χ1v) is 10.1. The highest BCUT2D eigenvalue weighted by Gasteiger charge is 2.26. The fourth-order valence-corrected chi connectivity index (χ4v) is 2.30. The van der Waals surface area contributed by atoms with Gasteiger partial charge in [-0.25, -0.2) is 0 Å². The Balaban J connectivity index is 4.64. The van der Waals surface area contributed by atoms with Crippen LogP contribution in [0.15, 0.2) is 0 Å². The number of thiol groups is 1. The average molecular weight is 432 g/mol. The number of amides is 4. The van der Waals surface area contributed by atoms with E-state index in [1.807, 2.05) is 13.8 Å². The van der Waals surface area contributed by atoms with Crippen LogP contribution in [-0.4, -0.2) is 65.9 Å². The minimum atomic E-state index is -0.952. The quantitative estimate of drug-likeness (QED) is 0.163. The number of nitrogens with two attached hydrogens (primary N) is 1. The summed E-state index contributed by atoms with van der Waals surface area (Å²) in [6.07, 6.45) is 1.37. The molecule has 0 aliphatic rings. The largest absolute Gasteiger partial charge is 0.345 e. The zero-order valence-electron chi connectivity index (χ0n) is 17.5. The van der Waals surface area contributed by atoms with Crippen LogP contribution in [0.1, 0.15) is 41.0 Å². The summed E-state index contributed by atoms with van der Waals surface area (Å²) in [6, 6.07) is -4.25. The molecule has 6 atom stereocenters. The number of nitrogens with one attached hydrogen (secondary N) is 4. The molecule has 166 valence electrons. The highest BCUT2D eigenvalue weighted by atomic mass is 32.1. The molecule has 0 unspecified atom stereocenters. The number of aldehydes is 1. The van der Waals surface area contributed by atoms with Crippen molar-refractivity contribution in [1.29, 1.82) is 0 Å². The maximum absolute atomic E-state index is 12.2. The lowest BCUT2D eigenvalue weighted by Gasteiger charge is -2.23. The topological polar surface area (TPSA) is 159 Å². The van der Waals surface area contributed by atoms with E-state index in [9.17, 15) is 24.0 Å². The summed E-state index contributed by atoms with van der Waals surface area (Å²) >= 11 is 3.91. The van der Waals surface area contributed by atoms with Gasteiger partial charge >= 0.3 is 0 Å². The first kappa shape index (κ1) is 26.9. The van der Waals surface area contributed by atoms with Crippen molar-refractivity contribution in [3.05, 3.63) is 0 Å². The van der Waals surface area contributed by atoms with E-state index in [4.69, 9.17) is 5.73 Å². The number of hydrogen-bond acceptors (Lipinski definition) is 7. The molecule has 6 N–H and O–H groups in total. The van der Waals surface area contributed by atoms with Crippen LogP contribution in [0.25, 0.3) is 0 Å². The van der Waals surface area contributed by atoms with Gasteiger partial charge < -0.3 is 31.8 Å². The summed E-state index contributed by atoms with van der Waals surface area (Å²) in [7, 11) is 0. The van der Waals surface area contributed by atoms with Gasteiger partial charge in [-0.05, 0) is 26.7 Å². The molecule has 0 radical (unpaired) electrons. The van der Waals surface area contributed by atoms with Gasteiger partial charge in [0.2, 0.25) is 23.6 Å². The second-order valence-electron chi connectivity index (χ2n) is 7.04. The Morgan fingerprint density at radius 2 is 1.21 bits per heavy atom. The molecule has 0 saturated carbocycles. The van der Waals surface area contributed by atoms with Crippen molar-refractivity contribution in [2.45, 2.75) is 71.2 Å². The summed E-state index contributed by atoms with van der Waals surface area (Å²) < 4.78 is 0. The number of carbonyl (C=O) groups is 5. The second kappa shape index (κ2) is 13.2. The lowest BCUT2D eigenvalue weighted by Crippen LogP contribution is -2.56. The van der Waals surface area contributed by atoms with Crippen molar-refractivity contribution in [3.63, 3.8) is 0 Å². The number of rotatable bonds is 12. The Morgan fingerprint density at radius 3 is 1.55 bits per heavy atom. The van der Waals surface area contributed by atoms with Gasteiger partial charge in [-0.15, -0.1) is 0 Å². The number of carbonyl (C=O) groups excluding carboxylic acids is 5. The van der Waals surface area contributed by atoms with Gasteiger partial charge in [0.05, 0.1) is 12.1 Å². The van der Waals surface area contributed by atoms with Crippen molar-refractivity contribution in [3.8, 4) is 0 Å². The van der Waals surface area contributed by atoms with Gasteiger partial charge in [0.15, 0.2) is 0 Å². The van der Waals surface area contributed by atoms with Gasteiger partial charge in [-0.3, -0.25) is 19.2 Å². The predicted molar refractivity (Wildman–Crippen MR) is 112 cm³/mol.